The summed E-state index contributed by atoms with van der Waals surface area (Å²) in [5.41, 5.74) is -0.481. The smallest absolute Gasteiger partial charge is 0.199 e. The molecule has 0 saturated heterocycles. The molecule has 0 saturated carbocycles. The van der Waals surface area contributed by atoms with Crippen LogP contribution in [-0.4, -0.2) is 22.7 Å². The molecule has 1 unspecified atom stereocenters. The highest BCUT2D eigenvalue weighted by molar-refractivity contribution is 6.69. The summed E-state index contributed by atoms with van der Waals surface area (Å²) in [5.74, 6) is 0. The van der Waals surface area contributed by atoms with Gasteiger partial charge < -0.3 is 4.90 Å². The Balaban J connectivity index is 2.85. The number of aliphatic imine (C=N–C) groups is 1. The average Bonchev–Trinajstić information content (AvgIpc) is 1.82. The second kappa shape index (κ2) is 2.99. The zero-order chi connectivity index (χ0) is 7.72. The molecule has 1 aliphatic rings. The van der Waals surface area contributed by atoms with Gasteiger partial charge in [-0.05, 0) is 0 Å². The third-order valence-corrected chi connectivity index (χ3v) is 2.10. The Labute approximate surface area is 74.1 Å². The van der Waals surface area contributed by atoms with E-state index in [1.165, 1.54) is 0 Å². The van der Waals surface area contributed by atoms with Gasteiger partial charge in [-0.2, -0.15) is 0 Å². The number of halogens is 3. The van der Waals surface area contributed by atoms with Gasteiger partial charge in [-0.3, -0.25) is 0 Å². The summed E-state index contributed by atoms with van der Waals surface area (Å²) in [6.07, 6.45) is 1.54. The van der Waals surface area contributed by atoms with Crippen molar-refractivity contribution in [1.29, 1.82) is 0 Å². The van der Waals surface area contributed by atoms with Crippen molar-refractivity contribution in [3.05, 3.63) is 11.2 Å². The van der Waals surface area contributed by atoms with Crippen LogP contribution in [-0.2, 0) is 0 Å². The fourth-order valence-electron chi connectivity index (χ4n) is 0.528. The summed E-state index contributed by atoms with van der Waals surface area (Å²) in [6, 6.07) is 0. The number of nitrogens with zero attached hydrogens (tertiary/aromatic N) is 2. The molecule has 0 N–H and O–H groups in total. The first-order chi connectivity index (χ1) is 4.61. The first-order valence-electron chi connectivity index (χ1n) is 2.58. The van der Waals surface area contributed by atoms with Gasteiger partial charge in [0.1, 0.15) is 10.3 Å². The molecule has 0 aromatic carbocycles. The molecule has 0 aliphatic carbocycles. The first kappa shape index (κ1) is 8.18. The number of alkyl halides is 1. The van der Waals surface area contributed by atoms with Crippen LogP contribution in [0.25, 0.3) is 0 Å². The van der Waals surface area contributed by atoms with Crippen molar-refractivity contribution < 1.29 is 0 Å². The minimum Gasteiger partial charge on any atom is -0.331 e. The molecule has 1 atom stereocenters. The minimum atomic E-state index is -0.481. The predicted molar refractivity (Wildman–Crippen MR) is 44.6 cm³/mol. The van der Waals surface area contributed by atoms with E-state index in [4.69, 9.17) is 34.8 Å². The van der Waals surface area contributed by atoms with Crippen molar-refractivity contribution in [2.75, 3.05) is 7.05 Å². The number of hydrogen-bond donors (Lipinski definition) is 0. The molecule has 0 aromatic rings. The molecule has 2 nitrogen and oxygen atoms in total. The monoisotopic (exact) mass is 198 g/mol. The molecule has 0 bridgehead atoms. The maximum atomic E-state index is 5.69. The Morgan fingerprint density at radius 1 is 1.60 bits per heavy atom. The van der Waals surface area contributed by atoms with Gasteiger partial charge in [0.05, 0.1) is 0 Å². The van der Waals surface area contributed by atoms with Crippen LogP contribution in [0.5, 0.6) is 0 Å². The lowest BCUT2D eigenvalue weighted by Crippen LogP contribution is -2.26. The molecule has 0 fully saturated rings. The standard InChI is InChI=1S/C5H5Cl3N2/c1-10-4(7)2-3(6)9-5(10)8/h2,5H,1H3. The second-order valence-electron chi connectivity index (χ2n) is 1.84. The van der Waals surface area contributed by atoms with E-state index >= 15 is 0 Å². The lowest BCUT2D eigenvalue weighted by Gasteiger charge is -2.23. The van der Waals surface area contributed by atoms with Crippen LogP contribution in [0.3, 0.4) is 0 Å². The molecular formula is C5H5Cl3N2. The summed E-state index contributed by atoms with van der Waals surface area (Å²) in [5, 5.41) is 0.836. The van der Waals surface area contributed by atoms with Crippen LogP contribution < -0.4 is 0 Å². The minimum absolute atomic E-state index is 0.336. The van der Waals surface area contributed by atoms with Crippen molar-refractivity contribution >= 4 is 40.0 Å². The summed E-state index contributed by atoms with van der Waals surface area (Å²) in [7, 11) is 1.74. The van der Waals surface area contributed by atoms with Gasteiger partial charge in [0.2, 0.25) is 0 Å². The van der Waals surface area contributed by atoms with Gasteiger partial charge in [-0.1, -0.05) is 34.8 Å². The number of allylic oxidation sites excluding steroid dienone is 1. The predicted octanol–water partition coefficient (Wildman–Crippen LogP) is 2.17. The van der Waals surface area contributed by atoms with Gasteiger partial charge in [-0.25, -0.2) is 4.99 Å². The zero-order valence-electron chi connectivity index (χ0n) is 5.18. The molecule has 1 heterocycles. The van der Waals surface area contributed by atoms with Gasteiger partial charge >= 0.3 is 0 Å². The number of rotatable bonds is 0. The van der Waals surface area contributed by atoms with Crippen molar-refractivity contribution in [2.45, 2.75) is 5.62 Å². The summed E-state index contributed by atoms with van der Waals surface area (Å²) < 4.78 is 0. The lowest BCUT2D eigenvalue weighted by atomic mass is 10.5. The Kier molecular flexibility index (Phi) is 2.45. The highest BCUT2D eigenvalue weighted by Gasteiger charge is 2.16. The summed E-state index contributed by atoms with van der Waals surface area (Å²) in [4.78, 5) is 5.43. The molecular weight excluding hydrogens is 194 g/mol. The highest BCUT2D eigenvalue weighted by Crippen LogP contribution is 2.20. The van der Waals surface area contributed by atoms with Gasteiger partial charge in [-0.15, -0.1) is 0 Å². The Hall–Kier alpha value is 0.0800. The summed E-state index contributed by atoms with van der Waals surface area (Å²) >= 11 is 16.9. The van der Waals surface area contributed by atoms with Crippen LogP contribution in [0.15, 0.2) is 16.2 Å². The molecule has 0 amide bonds. The van der Waals surface area contributed by atoms with Crippen molar-refractivity contribution in [3.8, 4) is 0 Å². The van der Waals surface area contributed by atoms with Crippen molar-refractivity contribution in [1.82, 2.24) is 4.90 Å². The molecule has 0 spiro atoms. The van der Waals surface area contributed by atoms with E-state index in [-0.39, 0.29) is 0 Å². The van der Waals surface area contributed by atoms with Crippen LogP contribution in [0.4, 0.5) is 0 Å². The fraction of sp³-hybridized carbons (Fsp3) is 0.400. The lowest BCUT2D eigenvalue weighted by molar-refractivity contribution is 0.415. The fourth-order valence-corrected chi connectivity index (χ4v) is 1.29. The van der Waals surface area contributed by atoms with E-state index in [1.54, 1.807) is 18.0 Å². The number of hydrogen-bond acceptors (Lipinski definition) is 2. The van der Waals surface area contributed by atoms with E-state index in [2.05, 4.69) is 4.99 Å². The molecule has 5 heteroatoms. The maximum absolute atomic E-state index is 5.69. The van der Waals surface area contributed by atoms with E-state index in [1.807, 2.05) is 0 Å². The molecule has 0 radical (unpaired) electrons. The van der Waals surface area contributed by atoms with Gasteiger partial charge in [0.15, 0.2) is 5.62 Å². The Bertz CT molecular complexity index is 199. The normalized spacial score (nSPS) is 26.0. The topological polar surface area (TPSA) is 15.6 Å². The van der Waals surface area contributed by atoms with Crippen molar-refractivity contribution in [3.63, 3.8) is 0 Å². The molecule has 0 aromatic heterocycles. The molecule has 1 aliphatic heterocycles. The van der Waals surface area contributed by atoms with E-state index in [0.717, 1.165) is 0 Å². The first-order valence-corrected chi connectivity index (χ1v) is 3.78. The Morgan fingerprint density at radius 2 is 2.20 bits per heavy atom. The van der Waals surface area contributed by atoms with Crippen LogP contribution in [0.2, 0.25) is 0 Å². The molecule has 1 rings (SSSR count). The average molecular weight is 199 g/mol. The highest BCUT2D eigenvalue weighted by atomic mass is 35.5. The third kappa shape index (κ3) is 1.57. The van der Waals surface area contributed by atoms with E-state index in [0.29, 0.717) is 10.3 Å². The van der Waals surface area contributed by atoms with Crippen LogP contribution in [0.1, 0.15) is 0 Å². The SMILES string of the molecule is CN1C(Cl)=CC(Cl)=NC1Cl. The third-order valence-electron chi connectivity index (χ3n) is 1.12. The largest absolute Gasteiger partial charge is 0.331 e. The van der Waals surface area contributed by atoms with Gasteiger partial charge in [0.25, 0.3) is 0 Å². The van der Waals surface area contributed by atoms with E-state index in [9.17, 15) is 0 Å². The van der Waals surface area contributed by atoms with Crippen molar-refractivity contribution in [2.24, 2.45) is 4.99 Å². The van der Waals surface area contributed by atoms with Crippen LogP contribution >= 0.6 is 34.8 Å². The maximum Gasteiger partial charge on any atom is 0.199 e. The quantitative estimate of drug-likeness (QED) is 0.431. The second-order valence-corrected chi connectivity index (χ2v) is 3.01. The summed E-state index contributed by atoms with van der Waals surface area (Å²) in [6.45, 7) is 0. The van der Waals surface area contributed by atoms with Crippen LogP contribution in [0, 0.1) is 0 Å². The van der Waals surface area contributed by atoms with E-state index < -0.39 is 5.62 Å². The Morgan fingerprint density at radius 3 is 2.70 bits per heavy atom. The molecule has 56 valence electrons. The zero-order valence-corrected chi connectivity index (χ0v) is 7.45. The van der Waals surface area contributed by atoms with Gasteiger partial charge in [0, 0.05) is 13.1 Å². The molecule has 10 heavy (non-hydrogen) atoms.